The molecule has 2 heterocycles. The van der Waals surface area contributed by atoms with E-state index in [0.717, 1.165) is 5.56 Å². The number of nitrogens with zero attached hydrogens (tertiary/aromatic N) is 2. The van der Waals surface area contributed by atoms with Gasteiger partial charge in [-0.25, -0.2) is 4.79 Å². The first-order valence-electron chi connectivity index (χ1n) is 6.60. The van der Waals surface area contributed by atoms with E-state index in [1.165, 1.54) is 0 Å². The van der Waals surface area contributed by atoms with Crippen molar-refractivity contribution in [2.75, 3.05) is 11.4 Å². The lowest BCUT2D eigenvalue weighted by atomic mass is 10.1. The zero-order valence-corrected chi connectivity index (χ0v) is 11.7. The third-order valence-electron chi connectivity index (χ3n) is 3.72. The van der Waals surface area contributed by atoms with Crippen LogP contribution in [0.4, 0.5) is 5.69 Å². The van der Waals surface area contributed by atoms with Crippen molar-refractivity contribution >= 4 is 17.6 Å². The van der Waals surface area contributed by atoms with Crippen LogP contribution in [-0.4, -0.2) is 28.7 Å². The van der Waals surface area contributed by atoms with Crippen molar-refractivity contribution in [1.29, 1.82) is 0 Å². The molecule has 0 saturated carbocycles. The molecule has 1 aromatic heterocycles. The van der Waals surface area contributed by atoms with Crippen LogP contribution in [0.3, 0.4) is 0 Å². The highest BCUT2D eigenvalue weighted by Crippen LogP contribution is 2.31. The molecule has 3 rings (SSSR count). The number of hydrogen-bond donors (Lipinski definition) is 1. The molecule has 108 valence electrons. The average Bonchev–Trinajstić information content (AvgIpc) is 3.01. The molecule has 6 heteroatoms. The van der Waals surface area contributed by atoms with Crippen LogP contribution in [0, 0.1) is 13.8 Å². The number of carbonyl (C=O) groups is 2. The lowest BCUT2D eigenvalue weighted by Crippen LogP contribution is -2.29. The summed E-state index contributed by atoms with van der Waals surface area (Å²) in [7, 11) is 0. The fourth-order valence-electron chi connectivity index (χ4n) is 2.65. The SMILES string of the molecule is Cc1noc(C)c1C(=O)N1CCc2ccc(C(=O)O)cc21. The number of aromatic nitrogens is 1. The molecule has 1 amide bonds. The zero-order valence-electron chi connectivity index (χ0n) is 11.7. The van der Waals surface area contributed by atoms with Crippen LogP contribution >= 0.6 is 0 Å². The third-order valence-corrected chi connectivity index (χ3v) is 3.72. The maximum absolute atomic E-state index is 12.7. The Morgan fingerprint density at radius 3 is 2.71 bits per heavy atom. The third kappa shape index (κ3) is 2.08. The summed E-state index contributed by atoms with van der Waals surface area (Å²) in [5.41, 5.74) is 2.79. The Hall–Kier alpha value is -2.63. The number of carboxylic acid groups (broad SMARTS) is 1. The van der Waals surface area contributed by atoms with Gasteiger partial charge in [0.05, 0.1) is 11.3 Å². The second-order valence-corrected chi connectivity index (χ2v) is 5.05. The highest BCUT2D eigenvalue weighted by molar-refractivity contribution is 6.09. The molecule has 0 bridgehead atoms. The Morgan fingerprint density at radius 2 is 2.10 bits per heavy atom. The van der Waals surface area contributed by atoms with Crippen LogP contribution in [0.5, 0.6) is 0 Å². The van der Waals surface area contributed by atoms with E-state index in [4.69, 9.17) is 9.63 Å². The standard InChI is InChI=1S/C15H14N2O4/c1-8-13(9(2)21-16-8)14(18)17-6-5-10-3-4-11(15(19)20)7-12(10)17/h3-4,7H,5-6H2,1-2H3,(H,19,20). The fourth-order valence-corrected chi connectivity index (χ4v) is 2.65. The lowest BCUT2D eigenvalue weighted by Gasteiger charge is -2.17. The molecular weight excluding hydrogens is 272 g/mol. The molecule has 0 atom stereocenters. The maximum atomic E-state index is 12.7. The summed E-state index contributed by atoms with van der Waals surface area (Å²) in [6, 6.07) is 4.87. The lowest BCUT2D eigenvalue weighted by molar-refractivity contribution is 0.0696. The van der Waals surface area contributed by atoms with Gasteiger partial charge >= 0.3 is 5.97 Å². The molecule has 1 N–H and O–H groups in total. The average molecular weight is 286 g/mol. The summed E-state index contributed by atoms with van der Waals surface area (Å²) in [6.07, 6.45) is 0.713. The Kier molecular flexibility index (Phi) is 3.01. The molecule has 6 nitrogen and oxygen atoms in total. The van der Waals surface area contributed by atoms with Gasteiger partial charge in [0.1, 0.15) is 11.3 Å². The van der Waals surface area contributed by atoms with E-state index in [9.17, 15) is 9.59 Å². The predicted molar refractivity (Wildman–Crippen MR) is 74.8 cm³/mol. The quantitative estimate of drug-likeness (QED) is 0.914. The Bertz CT molecular complexity index is 729. The van der Waals surface area contributed by atoms with E-state index in [1.807, 2.05) is 0 Å². The second-order valence-electron chi connectivity index (χ2n) is 5.05. The van der Waals surface area contributed by atoms with E-state index >= 15 is 0 Å². The molecule has 0 saturated heterocycles. The minimum atomic E-state index is -1.01. The number of benzene rings is 1. The monoisotopic (exact) mass is 286 g/mol. The number of carbonyl (C=O) groups excluding carboxylic acids is 1. The molecule has 1 aliphatic heterocycles. The van der Waals surface area contributed by atoms with Gasteiger partial charge in [-0.1, -0.05) is 11.2 Å². The number of fused-ring (bicyclic) bond motifs is 1. The number of rotatable bonds is 2. The first kappa shape index (κ1) is 13.4. The topological polar surface area (TPSA) is 83.6 Å². The van der Waals surface area contributed by atoms with Crippen LogP contribution < -0.4 is 4.90 Å². The van der Waals surface area contributed by atoms with Crippen molar-refractivity contribution in [1.82, 2.24) is 5.16 Å². The number of amides is 1. The number of hydrogen-bond acceptors (Lipinski definition) is 4. The summed E-state index contributed by atoms with van der Waals surface area (Å²) in [5, 5.41) is 12.9. The van der Waals surface area contributed by atoms with Gasteiger partial charge in [-0.3, -0.25) is 4.79 Å². The van der Waals surface area contributed by atoms with Gasteiger partial charge in [0.25, 0.3) is 5.91 Å². The summed E-state index contributed by atoms with van der Waals surface area (Å²) >= 11 is 0. The number of aryl methyl sites for hydroxylation is 2. The van der Waals surface area contributed by atoms with E-state index in [-0.39, 0.29) is 11.5 Å². The molecule has 0 aliphatic carbocycles. The number of carboxylic acids is 1. The molecule has 0 unspecified atom stereocenters. The first-order chi connectivity index (χ1) is 9.99. The zero-order chi connectivity index (χ0) is 15.1. The second kappa shape index (κ2) is 4.73. The van der Waals surface area contributed by atoms with Crippen LogP contribution in [0.15, 0.2) is 22.7 Å². The van der Waals surface area contributed by atoms with Gasteiger partial charge in [0.2, 0.25) is 0 Å². The van der Waals surface area contributed by atoms with Crippen molar-refractivity contribution in [3.8, 4) is 0 Å². The Morgan fingerprint density at radius 1 is 1.33 bits per heavy atom. The van der Waals surface area contributed by atoms with Gasteiger partial charge < -0.3 is 14.5 Å². The molecule has 0 spiro atoms. The first-order valence-corrected chi connectivity index (χ1v) is 6.60. The molecule has 1 aromatic carbocycles. The van der Waals surface area contributed by atoms with Gasteiger partial charge in [0.15, 0.2) is 0 Å². The summed E-state index contributed by atoms with van der Waals surface area (Å²) < 4.78 is 5.03. The fraction of sp³-hybridized carbons (Fsp3) is 0.267. The van der Waals surface area contributed by atoms with Crippen molar-refractivity contribution in [3.63, 3.8) is 0 Å². The van der Waals surface area contributed by atoms with Crippen LogP contribution in [0.25, 0.3) is 0 Å². The van der Waals surface area contributed by atoms with Gasteiger partial charge in [-0.2, -0.15) is 0 Å². The molecule has 21 heavy (non-hydrogen) atoms. The van der Waals surface area contributed by atoms with E-state index in [0.29, 0.717) is 35.7 Å². The summed E-state index contributed by atoms with van der Waals surface area (Å²) in [4.78, 5) is 25.3. The Labute approximate surface area is 121 Å². The molecular formula is C15H14N2O4. The van der Waals surface area contributed by atoms with Crippen LogP contribution in [0.2, 0.25) is 0 Å². The maximum Gasteiger partial charge on any atom is 0.335 e. The van der Waals surface area contributed by atoms with Crippen molar-refractivity contribution in [2.24, 2.45) is 0 Å². The summed E-state index contributed by atoms with van der Waals surface area (Å²) in [6.45, 7) is 3.94. The smallest absolute Gasteiger partial charge is 0.335 e. The van der Waals surface area contributed by atoms with Gasteiger partial charge in [0, 0.05) is 12.2 Å². The minimum absolute atomic E-state index is 0.173. The number of aromatic carboxylic acids is 1. The largest absolute Gasteiger partial charge is 0.478 e. The predicted octanol–water partition coefficient (Wildman–Crippen LogP) is 2.19. The van der Waals surface area contributed by atoms with Gasteiger partial charge in [-0.15, -0.1) is 0 Å². The number of anilines is 1. The van der Waals surface area contributed by atoms with E-state index in [2.05, 4.69) is 5.16 Å². The Balaban J connectivity index is 2.02. The molecule has 0 radical (unpaired) electrons. The molecule has 2 aromatic rings. The highest BCUT2D eigenvalue weighted by atomic mass is 16.5. The van der Waals surface area contributed by atoms with E-state index in [1.54, 1.807) is 36.9 Å². The minimum Gasteiger partial charge on any atom is -0.478 e. The van der Waals surface area contributed by atoms with Crippen molar-refractivity contribution in [2.45, 2.75) is 20.3 Å². The molecule has 1 aliphatic rings. The molecule has 0 fully saturated rings. The van der Waals surface area contributed by atoms with Crippen molar-refractivity contribution < 1.29 is 19.2 Å². The van der Waals surface area contributed by atoms with Crippen molar-refractivity contribution in [3.05, 3.63) is 46.3 Å². The van der Waals surface area contributed by atoms with Crippen LogP contribution in [-0.2, 0) is 6.42 Å². The normalized spacial score (nSPS) is 13.3. The van der Waals surface area contributed by atoms with E-state index < -0.39 is 5.97 Å². The van der Waals surface area contributed by atoms with Gasteiger partial charge in [-0.05, 0) is 38.0 Å². The summed E-state index contributed by atoms with van der Waals surface area (Å²) in [5.74, 6) is -0.734. The van der Waals surface area contributed by atoms with Crippen LogP contribution in [0.1, 0.15) is 37.7 Å². The highest BCUT2D eigenvalue weighted by Gasteiger charge is 2.30.